The number of benzene rings is 1. The number of rotatable bonds is 4. The Morgan fingerprint density at radius 3 is 2.42 bits per heavy atom. The van der Waals surface area contributed by atoms with Crippen molar-refractivity contribution >= 4 is 27.5 Å². The van der Waals surface area contributed by atoms with Crippen LogP contribution < -0.4 is 10.6 Å². The fourth-order valence-electron chi connectivity index (χ4n) is 2.23. The van der Waals surface area contributed by atoms with Gasteiger partial charge in [-0.2, -0.15) is 0 Å². The molecule has 0 saturated heterocycles. The molecule has 0 aliphatic heterocycles. The van der Waals surface area contributed by atoms with Gasteiger partial charge in [-0.15, -0.1) is 0 Å². The van der Waals surface area contributed by atoms with Gasteiger partial charge in [0.05, 0.1) is 6.54 Å². The first kappa shape index (κ1) is 14.2. The Kier molecular flexibility index (Phi) is 4.74. The fourth-order valence-corrected chi connectivity index (χ4v) is 2.63. The summed E-state index contributed by atoms with van der Waals surface area (Å²) in [6.07, 6.45) is 4.20. The highest BCUT2D eigenvalue weighted by atomic mass is 79.9. The minimum atomic E-state index is -0.722. The van der Waals surface area contributed by atoms with Gasteiger partial charge in [0.1, 0.15) is 17.3 Å². The molecule has 0 unspecified atom stereocenters. The minimum Gasteiger partial charge on any atom is -0.371 e. The van der Waals surface area contributed by atoms with Crippen molar-refractivity contribution in [3.63, 3.8) is 0 Å². The number of halogens is 3. The minimum absolute atomic E-state index is 0.133. The highest BCUT2D eigenvalue weighted by Gasteiger charge is 2.17. The molecule has 1 aliphatic carbocycles. The Hall–Kier alpha value is -1.17. The van der Waals surface area contributed by atoms with E-state index in [2.05, 4.69) is 26.6 Å². The van der Waals surface area contributed by atoms with E-state index in [1.165, 1.54) is 0 Å². The van der Waals surface area contributed by atoms with Crippen molar-refractivity contribution in [2.24, 2.45) is 0 Å². The van der Waals surface area contributed by atoms with Crippen LogP contribution in [0.3, 0.4) is 0 Å². The summed E-state index contributed by atoms with van der Waals surface area (Å²) in [7, 11) is 0. The highest BCUT2D eigenvalue weighted by molar-refractivity contribution is 9.10. The molecule has 0 radical (unpaired) electrons. The average molecular weight is 333 g/mol. The van der Waals surface area contributed by atoms with Crippen molar-refractivity contribution in [2.45, 2.75) is 31.7 Å². The largest absolute Gasteiger partial charge is 0.371 e. The van der Waals surface area contributed by atoms with Crippen LogP contribution in [0.5, 0.6) is 0 Å². The van der Waals surface area contributed by atoms with E-state index in [4.69, 9.17) is 0 Å². The van der Waals surface area contributed by atoms with Crippen LogP contribution in [0.1, 0.15) is 25.7 Å². The molecule has 0 bridgehead atoms. The van der Waals surface area contributed by atoms with E-state index >= 15 is 0 Å². The van der Waals surface area contributed by atoms with Gasteiger partial charge >= 0.3 is 0 Å². The second-order valence-corrected chi connectivity index (χ2v) is 5.56. The van der Waals surface area contributed by atoms with Crippen molar-refractivity contribution in [3.05, 3.63) is 28.2 Å². The summed E-state index contributed by atoms with van der Waals surface area (Å²) in [5.74, 6) is -1.69. The van der Waals surface area contributed by atoms with Crippen LogP contribution in [0.15, 0.2) is 16.6 Å². The van der Waals surface area contributed by atoms with Crippen molar-refractivity contribution in [1.29, 1.82) is 0 Å². The first-order valence-electron chi connectivity index (χ1n) is 6.24. The summed E-state index contributed by atoms with van der Waals surface area (Å²) in [6, 6.07) is 2.51. The smallest absolute Gasteiger partial charge is 0.239 e. The van der Waals surface area contributed by atoms with Gasteiger partial charge < -0.3 is 10.6 Å². The molecule has 2 rings (SSSR count). The third-order valence-corrected chi connectivity index (χ3v) is 3.61. The molecule has 1 fully saturated rings. The Morgan fingerprint density at radius 2 is 1.84 bits per heavy atom. The summed E-state index contributed by atoms with van der Waals surface area (Å²) in [5, 5.41) is 5.34. The maximum absolute atomic E-state index is 13.5. The molecule has 0 aromatic heterocycles. The van der Waals surface area contributed by atoms with E-state index in [1.807, 2.05) is 0 Å². The summed E-state index contributed by atoms with van der Waals surface area (Å²) >= 11 is 3.00. The number of carbonyl (C=O) groups excluding carboxylic acids is 1. The number of nitrogens with one attached hydrogen (secondary N) is 2. The van der Waals surface area contributed by atoms with Crippen LogP contribution in [0.2, 0.25) is 0 Å². The molecular formula is C13H15BrF2N2O. The molecule has 1 saturated carbocycles. The predicted octanol–water partition coefficient (Wildman–Crippen LogP) is 3.20. The molecule has 3 nitrogen and oxygen atoms in total. The molecule has 0 atom stereocenters. The maximum Gasteiger partial charge on any atom is 0.239 e. The van der Waals surface area contributed by atoms with Crippen LogP contribution in [-0.2, 0) is 4.79 Å². The molecule has 1 aromatic rings. The number of carbonyl (C=O) groups is 1. The molecule has 2 N–H and O–H groups in total. The van der Waals surface area contributed by atoms with Crippen LogP contribution in [-0.4, -0.2) is 18.5 Å². The van der Waals surface area contributed by atoms with Gasteiger partial charge in [-0.1, -0.05) is 28.8 Å². The van der Waals surface area contributed by atoms with E-state index in [1.54, 1.807) is 0 Å². The van der Waals surface area contributed by atoms with E-state index in [0.717, 1.165) is 37.8 Å². The lowest BCUT2D eigenvalue weighted by Crippen LogP contribution is -2.36. The van der Waals surface area contributed by atoms with Gasteiger partial charge in [-0.3, -0.25) is 4.79 Å². The molecule has 0 heterocycles. The van der Waals surface area contributed by atoms with Crippen LogP contribution in [0.4, 0.5) is 14.5 Å². The molecule has 1 aromatic carbocycles. The standard InChI is InChI=1S/C13H15BrF2N2O/c14-8-5-10(15)13(11(16)6-8)17-7-12(19)18-9-3-1-2-4-9/h5-6,9,17H,1-4,7H2,(H,18,19). The van der Waals surface area contributed by atoms with Crippen molar-refractivity contribution in [1.82, 2.24) is 5.32 Å². The number of hydrogen-bond donors (Lipinski definition) is 2. The van der Waals surface area contributed by atoms with E-state index < -0.39 is 11.6 Å². The lowest BCUT2D eigenvalue weighted by Gasteiger charge is -2.13. The third-order valence-electron chi connectivity index (χ3n) is 3.15. The second kappa shape index (κ2) is 6.32. The number of anilines is 1. The maximum atomic E-state index is 13.5. The van der Waals surface area contributed by atoms with Gasteiger partial charge in [-0.25, -0.2) is 8.78 Å². The zero-order chi connectivity index (χ0) is 13.8. The van der Waals surface area contributed by atoms with Gasteiger partial charge in [0.25, 0.3) is 0 Å². The highest BCUT2D eigenvalue weighted by Crippen LogP contribution is 2.23. The Labute approximate surface area is 118 Å². The molecule has 1 aliphatic rings. The Bertz CT molecular complexity index is 453. The SMILES string of the molecule is O=C(CNc1c(F)cc(Br)cc1F)NC1CCCC1. The van der Waals surface area contributed by atoms with E-state index in [-0.39, 0.29) is 24.2 Å². The van der Waals surface area contributed by atoms with Crippen LogP contribution >= 0.6 is 15.9 Å². The monoisotopic (exact) mass is 332 g/mol. The van der Waals surface area contributed by atoms with Gasteiger partial charge in [-0.05, 0) is 25.0 Å². The zero-order valence-corrected chi connectivity index (χ0v) is 11.9. The number of hydrogen-bond acceptors (Lipinski definition) is 2. The summed E-state index contributed by atoms with van der Waals surface area (Å²) in [5.41, 5.74) is -0.273. The number of amides is 1. The fraction of sp³-hybridized carbons (Fsp3) is 0.462. The predicted molar refractivity (Wildman–Crippen MR) is 72.9 cm³/mol. The molecule has 6 heteroatoms. The zero-order valence-electron chi connectivity index (χ0n) is 10.3. The lowest BCUT2D eigenvalue weighted by atomic mass is 10.2. The van der Waals surface area contributed by atoms with Crippen molar-refractivity contribution in [2.75, 3.05) is 11.9 Å². The van der Waals surface area contributed by atoms with Crippen molar-refractivity contribution < 1.29 is 13.6 Å². The van der Waals surface area contributed by atoms with Crippen LogP contribution in [0.25, 0.3) is 0 Å². The normalized spacial score (nSPS) is 15.5. The first-order valence-corrected chi connectivity index (χ1v) is 7.03. The first-order chi connectivity index (χ1) is 9.06. The van der Waals surface area contributed by atoms with Gasteiger partial charge in [0.2, 0.25) is 5.91 Å². The van der Waals surface area contributed by atoms with E-state index in [0.29, 0.717) is 4.47 Å². The van der Waals surface area contributed by atoms with Crippen molar-refractivity contribution in [3.8, 4) is 0 Å². The molecule has 104 valence electrons. The lowest BCUT2D eigenvalue weighted by molar-refractivity contribution is -0.120. The Morgan fingerprint density at radius 1 is 1.26 bits per heavy atom. The summed E-state index contributed by atoms with van der Waals surface area (Å²) in [6.45, 7) is -0.133. The van der Waals surface area contributed by atoms with Gasteiger partial charge in [0.15, 0.2) is 0 Å². The molecular weight excluding hydrogens is 318 g/mol. The molecule has 0 spiro atoms. The van der Waals surface area contributed by atoms with E-state index in [9.17, 15) is 13.6 Å². The Balaban J connectivity index is 1.89. The second-order valence-electron chi connectivity index (χ2n) is 4.65. The quantitative estimate of drug-likeness (QED) is 0.888. The molecule has 1 amide bonds. The summed E-state index contributed by atoms with van der Waals surface area (Å²) < 4.78 is 27.3. The van der Waals surface area contributed by atoms with Crippen LogP contribution in [0, 0.1) is 11.6 Å². The van der Waals surface area contributed by atoms with Gasteiger partial charge in [0, 0.05) is 10.5 Å². The summed E-state index contributed by atoms with van der Waals surface area (Å²) in [4.78, 5) is 11.6. The average Bonchev–Trinajstić information content (AvgIpc) is 2.80. The molecule has 19 heavy (non-hydrogen) atoms. The topological polar surface area (TPSA) is 41.1 Å². The third kappa shape index (κ3) is 3.89.